The van der Waals surface area contributed by atoms with Crippen LogP contribution in [0, 0.1) is 10.1 Å². The Balaban J connectivity index is 2.01. The number of nitrogens with zero attached hydrogens (tertiary/aromatic N) is 1. The predicted molar refractivity (Wildman–Crippen MR) is 95.4 cm³/mol. The third-order valence-electron chi connectivity index (χ3n) is 3.37. The molecule has 0 aliphatic heterocycles. The zero-order chi connectivity index (χ0) is 18.9. The number of anilines is 1. The number of rotatable bonds is 8. The van der Waals surface area contributed by atoms with Crippen molar-refractivity contribution in [3.63, 3.8) is 0 Å². The average Bonchev–Trinajstić information content (AvgIpc) is 2.64. The summed E-state index contributed by atoms with van der Waals surface area (Å²) >= 11 is 0. The van der Waals surface area contributed by atoms with Crippen molar-refractivity contribution in [1.29, 1.82) is 0 Å². The Hall–Kier alpha value is -3.55. The molecule has 0 aliphatic rings. The maximum absolute atomic E-state index is 12.0. The van der Waals surface area contributed by atoms with Gasteiger partial charge in [-0.3, -0.25) is 4.79 Å². The second-order valence-corrected chi connectivity index (χ2v) is 5.13. The molecule has 26 heavy (non-hydrogen) atoms. The highest BCUT2D eigenvalue weighted by Gasteiger charge is 2.04. The van der Waals surface area contributed by atoms with Crippen LogP contribution in [0.1, 0.15) is 11.1 Å². The van der Waals surface area contributed by atoms with Gasteiger partial charge >= 0.3 is 0 Å². The Morgan fingerprint density at radius 2 is 1.92 bits per heavy atom. The number of hydrogen-bond donors (Lipinski definition) is 1. The van der Waals surface area contributed by atoms with Crippen molar-refractivity contribution in [2.24, 2.45) is 0 Å². The summed E-state index contributed by atoms with van der Waals surface area (Å²) in [5.41, 5.74) is 1.85. The van der Waals surface area contributed by atoms with Crippen molar-refractivity contribution in [3.8, 4) is 11.5 Å². The van der Waals surface area contributed by atoms with Crippen LogP contribution in [-0.4, -0.2) is 25.2 Å². The second kappa shape index (κ2) is 9.07. The first-order valence-electron chi connectivity index (χ1n) is 7.59. The number of carbonyl (C=O) groups is 1. The fourth-order valence-corrected chi connectivity index (χ4v) is 2.18. The van der Waals surface area contributed by atoms with Gasteiger partial charge in [0.05, 0.1) is 14.2 Å². The normalized spacial score (nSPS) is 10.4. The van der Waals surface area contributed by atoms with Crippen molar-refractivity contribution < 1.29 is 24.2 Å². The van der Waals surface area contributed by atoms with Crippen LogP contribution < -0.4 is 14.8 Å². The lowest BCUT2D eigenvalue weighted by molar-refractivity contribution is -0.763. The molecule has 0 saturated carbocycles. The molecular formula is C18H18N2O6. The molecule has 0 fully saturated rings. The standard InChI is InChI=1S/C18H18N2O6/c1-24-16-8-6-13(11-17(16)25-2)7-9-18(21)19-15-5-3-4-14(10-15)12-26-20(22)23/h3-11H,12H2,1-2H3,(H,19,21)/b9-7+. The highest BCUT2D eigenvalue weighted by molar-refractivity contribution is 6.02. The zero-order valence-electron chi connectivity index (χ0n) is 14.3. The molecular weight excluding hydrogens is 340 g/mol. The van der Waals surface area contributed by atoms with E-state index in [1.807, 2.05) is 0 Å². The zero-order valence-corrected chi connectivity index (χ0v) is 14.3. The van der Waals surface area contributed by atoms with Gasteiger partial charge in [0.25, 0.3) is 5.09 Å². The summed E-state index contributed by atoms with van der Waals surface area (Å²) in [4.78, 5) is 26.6. The van der Waals surface area contributed by atoms with Gasteiger partial charge in [0.1, 0.15) is 6.61 Å². The van der Waals surface area contributed by atoms with Gasteiger partial charge in [-0.2, -0.15) is 0 Å². The molecule has 1 N–H and O–H groups in total. The van der Waals surface area contributed by atoms with E-state index in [2.05, 4.69) is 10.2 Å². The summed E-state index contributed by atoms with van der Waals surface area (Å²) in [6, 6.07) is 11.9. The Labute approximate surface area is 150 Å². The maximum atomic E-state index is 12.0. The molecule has 0 heterocycles. The highest BCUT2D eigenvalue weighted by atomic mass is 16.9. The number of benzene rings is 2. The Morgan fingerprint density at radius 1 is 1.15 bits per heavy atom. The molecule has 2 aromatic carbocycles. The first kappa shape index (κ1) is 18.8. The monoisotopic (exact) mass is 358 g/mol. The minimum atomic E-state index is -0.864. The average molecular weight is 358 g/mol. The summed E-state index contributed by atoms with van der Waals surface area (Å²) in [6.45, 7) is -0.182. The predicted octanol–water partition coefficient (Wildman–Crippen LogP) is 3.06. The van der Waals surface area contributed by atoms with Crippen molar-refractivity contribution in [3.05, 3.63) is 69.8 Å². The molecule has 0 aliphatic carbocycles. The number of carbonyl (C=O) groups excluding carboxylic acids is 1. The highest BCUT2D eigenvalue weighted by Crippen LogP contribution is 2.27. The Kier molecular flexibility index (Phi) is 6.55. The van der Waals surface area contributed by atoms with E-state index < -0.39 is 5.09 Å². The number of nitrogens with one attached hydrogen (secondary N) is 1. The van der Waals surface area contributed by atoms with Crippen LogP contribution in [0.3, 0.4) is 0 Å². The molecule has 0 radical (unpaired) electrons. The molecule has 0 saturated heterocycles. The lowest BCUT2D eigenvalue weighted by atomic mass is 10.2. The van der Waals surface area contributed by atoms with E-state index in [9.17, 15) is 14.9 Å². The first-order chi connectivity index (χ1) is 12.5. The van der Waals surface area contributed by atoms with Gasteiger partial charge in [-0.1, -0.05) is 18.2 Å². The van der Waals surface area contributed by atoms with Gasteiger partial charge in [-0.25, -0.2) is 0 Å². The SMILES string of the molecule is COc1ccc(/C=C/C(=O)Nc2cccc(CO[N+](=O)[O-])c2)cc1OC. The van der Waals surface area contributed by atoms with Crippen LogP contribution >= 0.6 is 0 Å². The summed E-state index contributed by atoms with van der Waals surface area (Å²) < 4.78 is 10.4. The minimum Gasteiger partial charge on any atom is -0.493 e. The van der Waals surface area contributed by atoms with Crippen molar-refractivity contribution in [2.75, 3.05) is 19.5 Å². The van der Waals surface area contributed by atoms with Crippen molar-refractivity contribution >= 4 is 17.7 Å². The number of hydrogen-bond acceptors (Lipinski definition) is 6. The molecule has 0 spiro atoms. The quantitative estimate of drug-likeness (QED) is 0.442. The van der Waals surface area contributed by atoms with Gasteiger partial charge in [0, 0.05) is 11.8 Å². The van der Waals surface area contributed by atoms with Crippen molar-refractivity contribution in [1.82, 2.24) is 0 Å². The first-order valence-corrected chi connectivity index (χ1v) is 7.59. The third kappa shape index (κ3) is 5.52. The van der Waals surface area contributed by atoms with E-state index >= 15 is 0 Å². The van der Waals surface area contributed by atoms with Gasteiger partial charge in [-0.05, 0) is 41.5 Å². The third-order valence-corrected chi connectivity index (χ3v) is 3.37. The fourth-order valence-electron chi connectivity index (χ4n) is 2.18. The molecule has 2 aromatic rings. The largest absolute Gasteiger partial charge is 0.493 e. The van der Waals surface area contributed by atoms with Crippen LogP contribution in [0.5, 0.6) is 11.5 Å². The Morgan fingerprint density at radius 3 is 2.62 bits per heavy atom. The Bertz CT molecular complexity index is 819. The molecule has 8 heteroatoms. The van der Waals surface area contributed by atoms with Crippen molar-refractivity contribution in [2.45, 2.75) is 6.61 Å². The molecule has 1 amide bonds. The fraction of sp³-hybridized carbons (Fsp3) is 0.167. The van der Waals surface area contributed by atoms with Gasteiger partial charge in [0.15, 0.2) is 11.5 Å². The molecule has 0 unspecified atom stereocenters. The van der Waals surface area contributed by atoms with Crippen LogP contribution in [-0.2, 0) is 16.2 Å². The number of ether oxygens (including phenoxy) is 2. The molecule has 0 aromatic heterocycles. The summed E-state index contributed by atoms with van der Waals surface area (Å²) in [5.74, 6) is 0.823. The van der Waals surface area contributed by atoms with E-state index in [0.717, 1.165) is 5.56 Å². The van der Waals surface area contributed by atoms with E-state index in [-0.39, 0.29) is 12.5 Å². The van der Waals surface area contributed by atoms with Crippen LogP contribution in [0.15, 0.2) is 48.5 Å². The topological polar surface area (TPSA) is 99.9 Å². The number of methoxy groups -OCH3 is 2. The van der Waals surface area contributed by atoms with Gasteiger partial charge in [-0.15, -0.1) is 10.1 Å². The second-order valence-electron chi connectivity index (χ2n) is 5.13. The smallest absolute Gasteiger partial charge is 0.294 e. The summed E-state index contributed by atoms with van der Waals surface area (Å²) in [5, 5.41) is 12.0. The molecule has 2 rings (SSSR count). The van der Waals surface area contributed by atoms with E-state index in [4.69, 9.17) is 9.47 Å². The van der Waals surface area contributed by atoms with Gasteiger partial charge in [0.2, 0.25) is 5.91 Å². The van der Waals surface area contributed by atoms with Gasteiger partial charge < -0.3 is 19.6 Å². The summed E-state index contributed by atoms with van der Waals surface area (Å²) in [6.07, 6.45) is 3.01. The van der Waals surface area contributed by atoms with E-state index in [1.165, 1.54) is 13.2 Å². The van der Waals surface area contributed by atoms with Crippen LogP contribution in [0.4, 0.5) is 5.69 Å². The summed E-state index contributed by atoms with van der Waals surface area (Å²) in [7, 11) is 3.08. The van der Waals surface area contributed by atoms with Crippen LogP contribution in [0.25, 0.3) is 6.08 Å². The number of amides is 1. The molecule has 0 atom stereocenters. The van der Waals surface area contributed by atoms with Crippen LogP contribution in [0.2, 0.25) is 0 Å². The van der Waals surface area contributed by atoms with E-state index in [1.54, 1.807) is 55.7 Å². The maximum Gasteiger partial charge on any atom is 0.294 e. The lowest BCUT2D eigenvalue weighted by Crippen LogP contribution is -2.08. The van der Waals surface area contributed by atoms with E-state index in [0.29, 0.717) is 22.7 Å². The molecule has 136 valence electrons. The molecule has 0 bridgehead atoms. The minimum absolute atomic E-state index is 0.182. The molecule has 8 nitrogen and oxygen atoms in total. The lowest BCUT2D eigenvalue weighted by Gasteiger charge is -2.07.